The molecule has 2 nitrogen and oxygen atoms in total. The lowest BCUT2D eigenvalue weighted by Gasteiger charge is -2.13. The van der Waals surface area contributed by atoms with Gasteiger partial charge in [-0.15, -0.1) is 0 Å². The average Bonchev–Trinajstić information content (AvgIpc) is 2.60. The highest BCUT2D eigenvalue weighted by Crippen LogP contribution is 2.18. The molecule has 0 aromatic carbocycles. The van der Waals surface area contributed by atoms with Crippen LogP contribution in [-0.2, 0) is 0 Å². The Hall–Kier alpha value is -0.0800. The minimum atomic E-state index is -0.0788. The maximum absolute atomic E-state index is 9.26. The fraction of sp³-hybridized carbons (Fsp3) is 1.00. The number of rotatable bonds is 2. The van der Waals surface area contributed by atoms with Gasteiger partial charge >= 0.3 is 0 Å². The first-order valence-corrected chi connectivity index (χ1v) is 5.76. The summed E-state index contributed by atoms with van der Waals surface area (Å²) in [5.41, 5.74) is 0. The van der Waals surface area contributed by atoms with Gasteiger partial charge in [-0.3, -0.25) is 0 Å². The third-order valence-corrected chi connectivity index (χ3v) is 1.95. The van der Waals surface area contributed by atoms with Gasteiger partial charge in [-0.1, -0.05) is 34.6 Å². The second kappa shape index (κ2) is 11.9. The predicted octanol–water partition coefficient (Wildman–Crippen LogP) is 2.56. The summed E-state index contributed by atoms with van der Waals surface area (Å²) in [4.78, 5) is 0. The summed E-state index contributed by atoms with van der Waals surface area (Å²) in [7, 11) is 0. The molecule has 1 rings (SSSR count). The molecule has 2 heteroatoms. The molecule has 0 aliphatic heterocycles. The quantitative estimate of drug-likeness (QED) is 0.699. The van der Waals surface area contributed by atoms with E-state index < -0.39 is 0 Å². The number of hydrogen-bond acceptors (Lipinski definition) is 2. The third kappa shape index (κ3) is 7.03. The van der Waals surface area contributed by atoms with Crippen LogP contribution in [-0.4, -0.2) is 23.8 Å². The Morgan fingerprint density at radius 2 is 1.69 bits per heavy atom. The van der Waals surface area contributed by atoms with Gasteiger partial charge in [0.1, 0.15) is 0 Å². The summed E-state index contributed by atoms with van der Waals surface area (Å²) < 4.78 is 0. The van der Waals surface area contributed by atoms with E-state index >= 15 is 0 Å². The molecular formula is C11H27NO. The highest BCUT2D eigenvalue weighted by Gasteiger charge is 2.23. The summed E-state index contributed by atoms with van der Waals surface area (Å²) in [5, 5.41) is 12.5. The van der Waals surface area contributed by atoms with E-state index in [0.29, 0.717) is 6.04 Å². The Morgan fingerprint density at radius 3 is 2.00 bits per heavy atom. The Kier molecular flexibility index (Phi) is 14.1. The summed E-state index contributed by atoms with van der Waals surface area (Å²) in [6.45, 7) is 11.0. The van der Waals surface area contributed by atoms with Crippen molar-refractivity contribution in [3.63, 3.8) is 0 Å². The summed E-state index contributed by atoms with van der Waals surface area (Å²) in [6, 6.07) is 0.384. The van der Waals surface area contributed by atoms with Crippen LogP contribution < -0.4 is 5.32 Å². The van der Waals surface area contributed by atoms with Gasteiger partial charge in [0.2, 0.25) is 0 Å². The number of hydrogen-bond donors (Lipinski definition) is 2. The van der Waals surface area contributed by atoms with Crippen molar-refractivity contribution in [2.45, 2.75) is 66.0 Å². The number of nitrogens with one attached hydrogen (secondary N) is 1. The van der Waals surface area contributed by atoms with Gasteiger partial charge in [0.15, 0.2) is 0 Å². The SMILES string of the molecule is CC.CC.CCNC1CCCC1O. The van der Waals surface area contributed by atoms with Crippen molar-refractivity contribution in [1.29, 1.82) is 0 Å². The van der Waals surface area contributed by atoms with Gasteiger partial charge < -0.3 is 10.4 Å². The van der Waals surface area contributed by atoms with Crippen LogP contribution in [0.3, 0.4) is 0 Å². The van der Waals surface area contributed by atoms with E-state index in [-0.39, 0.29) is 6.10 Å². The molecule has 2 unspecified atom stereocenters. The number of aliphatic hydroxyl groups excluding tert-OH is 1. The molecule has 0 heterocycles. The molecule has 13 heavy (non-hydrogen) atoms. The van der Waals surface area contributed by atoms with Crippen molar-refractivity contribution >= 4 is 0 Å². The summed E-state index contributed by atoms with van der Waals surface area (Å²) in [5.74, 6) is 0. The van der Waals surface area contributed by atoms with E-state index in [1.807, 2.05) is 27.7 Å². The molecule has 2 N–H and O–H groups in total. The lowest BCUT2D eigenvalue weighted by atomic mass is 10.2. The lowest BCUT2D eigenvalue weighted by molar-refractivity contribution is 0.150. The lowest BCUT2D eigenvalue weighted by Crippen LogP contribution is -2.35. The van der Waals surface area contributed by atoms with Crippen LogP contribution in [0.15, 0.2) is 0 Å². The molecule has 1 saturated carbocycles. The van der Waals surface area contributed by atoms with Crippen LogP contribution in [0.1, 0.15) is 53.9 Å². The fourth-order valence-corrected chi connectivity index (χ4v) is 1.44. The molecule has 0 bridgehead atoms. The molecule has 0 radical (unpaired) electrons. The smallest absolute Gasteiger partial charge is 0.0693 e. The molecule has 82 valence electrons. The molecular weight excluding hydrogens is 162 g/mol. The highest BCUT2D eigenvalue weighted by molar-refractivity contribution is 4.81. The minimum absolute atomic E-state index is 0.0788. The molecule has 1 fully saturated rings. The minimum Gasteiger partial charge on any atom is -0.392 e. The Bertz CT molecular complexity index is 86.2. The summed E-state index contributed by atoms with van der Waals surface area (Å²) >= 11 is 0. The van der Waals surface area contributed by atoms with Crippen LogP contribution in [0, 0.1) is 0 Å². The zero-order valence-electron chi connectivity index (χ0n) is 9.93. The predicted molar refractivity (Wildman–Crippen MR) is 60.0 cm³/mol. The van der Waals surface area contributed by atoms with Crippen molar-refractivity contribution in [3.8, 4) is 0 Å². The molecule has 0 saturated heterocycles. The van der Waals surface area contributed by atoms with Gasteiger partial charge in [0.05, 0.1) is 6.10 Å². The highest BCUT2D eigenvalue weighted by atomic mass is 16.3. The molecule has 1 aliphatic rings. The molecule has 0 spiro atoms. The first kappa shape index (κ1) is 15.4. The molecule has 0 aromatic heterocycles. The summed E-state index contributed by atoms with van der Waals surface area (Å²) in [6.07, 6.45) is 3.23. The average molecular weight is 189 g/mol. The largest absolute Gasteiger partial charge is 0.392 e. The van der Waals surface area contributed by atoms with E-state index in [1.54, 1.807) is 0 Å². The first-order chi connectivity index (χ1) is 6.34. The van der Waals surface area contributed by atoms with Crippen molar-refractivity contribution in [2.24, 2.45) is 0 Å². The van der Waals surface area contributed by atoms with E-state index in [1.165, 1.54) is 6.42 Å². The first-order valence-electron chi connectivity index (χ1n) is 5.76. The van der Waals surface area contributed by atoms with Gasteiger partial charge in [-0.2, -0.15) is 0 Å². The van der Waals surface area contributed by atoms with Gasteiger partial charge in [0, 0.05) is 6.04 Å². The van der Waals surface area contributed by atoms with E-state index in [2.05, 4.69) is 12.2 Å². The van der Waals surface area contributed by atoms with Crippen molar-refractivity contribution in [2.75, 3.05) is 6.54 Å². The zero-order valence-corrected chi connectivity index (χ0v) is 9.93. The van der Waals surface area contributed by atoms with E-state index in [4.69, 9.17) is 0 Å². The van der Waals surface area contributed by atoms with E-state index in [0.717, 1.165) is 19.4 Å². The second-order valence-electron chi connectivity index (χ2n) is 2.66. The van der Waals surface area contributed by atoms with E-state index in [9.17, 15) is 5.11 Å². The monoisotopic (exact) mass is 189 g/mol. The van der Waals surface area contributed by atoms with Gasteiger partial charge in [0.25, 0.3) is 0 Å². The maximum Gasteiger partial charge on any atom is 0.0693 e. The van der Waals surface area contributed by atoms with Crippen molar-refractivity contribution < 1.29 is 5.11 Å². The zero-order chi connectivity index (χ0) is 10.7. The Balaban J connectivity index is 0. The molecule has 1 aliphatic carbocycles. The van der Waals surface area contributed by atoms with Crippen molar-refractivity contribution in [3.05, 3.63) is 0 Å². The number of aliphatic hydroxyl groups is 1. The van der Waals surface area contributed by atoms with Gasteiger partial charge in [-0.05, 0) is 25.8 Å². The van der Waals surface area contributed by atoms with Gasteiger partial charge in [-0.25, -0.2) is 0 Å². The van der Waals surface area contributed by atoms with Crippen LogP contribution in [0.2, 0.25) is 0 Å². The molecule has 0 amide bonds. The number of likely N-dealkylation sites (N-methyl/N-ethyl adjacent to an activating group) is 1. The van der Waals surface area contributed by atoms with Crippen LogP contribution >= 0.6 is 0 Å². The fourth-order valence-electron chi connectivity index (χ4n) is 1.44. The molecule has 0 aromatic rings. The normalized spacial score (nSPS) is 25.4. The van der Waals surface area contributed by atoms with Crippen LogP contribution in [0.5, 0.6) is 0 Å². The van der Waals surface area contributed by atoms with Crippen molar-refractivity contribution in [1.82, 2.24) is 5.32 Å². The maximum atomic E-state index is 9.26. The third-order valence-electron chi connectivity index (χ3n) is 1.95. The second-order valence-corrected chi connectivity index (χ2v) is 2.66. The standard InChI is InChI=1S/C7H15NO.2C2H6/c1-2-8-6-4-3-5-7(6)9;2*1-2/h6-9H,2-5H2,1H3;2*1-2H3. The Morgan fingerprint density at radius 1 is 1.15 bits per heavy atom. The van der Waals surface area contributed by atoms with Crippen LogP contribution in [0.25, 0.3) is 0 Å². The van der Waals surface area contributed by atoms with Crippen LogP contribution in [0.4, 0.5) is 0 Å². The topological polar surface area (TPSA) is 32.3 Å². The Labute approximate surface area is 83.7 Å². The molecule has 2 atom stereocenters.